The Morgan fingerprint density at radius 2 is 2.20 bits per heavy atom. The molecule has 1 N–H and O–H groups in total. The summed E-state index contributed by atoms with van der Waals surface area (Å²) < 4.78 is 0. The molecule has 0 amide bonds. The van der Waals surface area contributed by atoms with E-state index in [1.54, 1.807) is 0 Å². The fourth-order valence-electron chi connectivity index (χ4n) is 2.54. The molecule has 0 unspecified atom stereocenters. The van der Waals surface area contributed by atoms with Gasteiger partial charge in [0.2, 0.25) is 0 Å². The van der Waals surface area contributed by atoms with Gasteiger partial charge in [0.05, 0.1) is 16.8 Å². The van der Waals surface area contributed by atoms with Crippen LogP contribution in [0.4, 0.5) is 5.69 Å². The van der Waals surface area contributed by atoms with Crippen molar-refractivity contribution in [3.63, 3.8) is 0 Å². The van der Waals surface area contributed by atoms with E-state index in [1.165, 1.54) is 10.4 Å². The molecule has 2 nitrogen and oxygen atoms in total. The molecule has 1 aromatic carbocycles. The van der Waals surface area contributed by atoms with E-state index in [4.69, 9.17) is 23.8 Å². The van der Waals surface area contributed by atoms with E-state index in [9.17, 15) is 0 Å². The zero-order chi connectivity index (χ0) is 14.1. The number of benzene rings is 1. The molecule has 0 saturated carbocycles. The van der Waals surface area contributed by atoms with E-state index >= 15 is 0 Å². The van der Waals surface area contributed by atoms with Crippen LogP contribution in [0.1, 0.15) is 23.4 Å². The first-order valence-electron chi connectivity index (χ1n) is 6.55. The Kier molecular flexibility index (Phi) is 3.96. The largest absolute Gasteiger partial charge is 0.342 e. The number of para-hydroxylation sites is 1. The molecule has 1 aliphatic rings. The Labute approximate surface area is 133 Å². The summed E-state index contributed by atoms with van der Waals surface area (Å²) in [5.74, 6) is 0. The summed E-state index contributed by atoms with van der Waals surface area (Å²) in [5, 5.41) is 6.85. The Hall–Kier alpha value is -1.10. The van der Waals surface area contributed by atoms with Gasteiger partial charge >= 0.3 is 0 Å². The Balaban J connectivity index is 1.77. The lowest BCUT2D eigenvalue weighted by molar-refractivity contribution is 0.326. The summed E-state index contributed by atoms with van der Waals surface area (Å²) in [4.78, 5) is 3.71. The van der Waals surface area contributed by atoms with Gasteiger partial charge in [-0.25, -0.2) is 0 Å². The first-order chi connectivity index (χ1) is 9.66. The van der Waals surface area contributed by atoms with Crippen molar-refractivity contribution < 1.29 is 0 Å². The number of nitrogens with zero attached hydrogens (tertiary/aromatic N) is 1. The van der Waals surface area contributed by atoms with Crippen LogP contribution in [0.5, 0.6) is 0 Å². The molecule has 104 valence electrons. The highest BCUT2D eigenvalue weighted by molar-refractivity contribution is 7.80. The lowest BCUT2D eigenvalue weighted by atomic mass is 10.0. The van der Waals surface area contributed by atoms with E-state index in [-0.39, 0.29) is 0 Å². The van der Waals surface area contributed by atoms with Gasteiger partial charge in [-0.2, -0.15) is 0 Å². The predicted molar refractivity (Wildman–Crippen MR) is 90.8 cm³/mol. The molecule has 1 atom stereocenters. The molecule has 2 aromatic rings. The average molecular weight is 323 g/mol. The molecule has 20 heavy (non-hydrogen) atoms. The fraction of sp³-hybridized carbons (Fsp3) is 0.267. The first-order valence-corrected chi connectivity index (χ1v) is 8.22. The van der Waals surface area contributed by atoms with Crippen molar-refractivity contribution in [3.05, 3.63) is 51.2 Å². The van der Waals surface area contributed by atoms with Gasteiger partial charge in [0.25, 0.3) is 0 Å². The third-order valence-electron chi connectivity index (χ3n) is 3.65. The second-order valence-electron chi connectivity index (χ2n) is 4.83. The summed E-state index contributed by atoms with van der Waals surface area (Å²) in [5.41, 5.74) is 2.26. The highest BCUT2D eigenvalue weighted by Crippen LogP contribution is 2.33. The van der Waals surface area contributed by atoms with Gasteiger partial charge in [0.15, 0.2) is 5.11 Å². The van der Waals surface area contributed by atoms with Crippen LogP contribution in [0.3, 0.4) is 0 Å². The third-order valence-corrected chi connectivity index (χ3v) is 5.32. The van der Waals surface area contributed by atoms with Crippen LogP contribution in [0.2, 0.25) is 5.02 Å². The normalized spacial score (nSPS) is 17.7. The molecule has 1 aromatic heterocycles. The molecule has 0 aliphatic carbocycles. The summed E-state index contributed by atoms with van der Waals surface area (Å²) in [6.45, 7) is 3.15. The molecule has 3 rings (SSSR count). The van der Waals surface area contributed by atoms with Gasteiger partial charge in [0.1, 0.15) is 0 Å². The summed E-state index contributed by atoms with van der Waals surface area (Å²) in [7, 11) is 0. The standard InChI is InChI=1S/C15H15ClN2S2/c1-10-11-7-9-20-14(11)6-8-18(10)15(19)17-13-5-3-2-4-12(13)16/h2-5,7,9-10H,6,8H2,1H3,(H,17,19)/t10-/m0/s1. The Bertz CT molecular complexity index is 638. The number of anilines is 1. The van der Waals surface area contributed by atoms with Crippen molar-refractivity contribution in [1.82, 2.24) is 4.90 Å². The number of thiophene rings is 1. The van der Waals surface area contributed by atoms with Crippen LogP contribution in [0.15, 0.2) is 35.7 Å². The molecule has 1 aliphatic heterocycles. The van der Waals surface area contributed by atoms with Gasteiger partial charge in [-0.15, -0.1) is 11.3 Å². The van der Waals surface area contributed by atoms with Crippen LogP contribution < -0.4 is 5.32 Å². The number of hydrogen-bond donors (Lipinski definition) is 1. The number of fused-ring (bicyclic) bond motifs is 1. The van der Waals surface area contributed by atoms with E-state index in [2.05, 4.69) is 28.6 Å². The van der Waals surface area contributed by atoms with Crippen LogP contribution in [-0.2, 0) is 6.42 Å². The number of halogens is 1. The molecule has 5 heteroatoms. The molecule has 2 heterocycles. The van der Waals surface area contributed by atoms with Gasteiger partial charge < -0.3 is 10.2 Å². The summed E-state index contributed by atoms with van der Waals surface area (Å²) in [6, 6.07) is 10.2. The van der Waals surface area contributed by atoms with Crippen molar-refractivity contribution in [3.8, 4) is 0 Å². The minimum atomic E-state index is 0.312. The van der Waals surface area contributed by atoms with Gasteiger partial charge in [0, 0.05) is 11.4 Å². The van der Waals surface area contributed by atoms with Crippen LogP contribution in [-0.4, -0.2) is 16.6 Å². The van der Waals surface area contributed by atoms with Crippen LogP contribution >= 0.6 is 35.2 Å². The van der Waals surface area contributed by atoms with Crippen LogP contribution in [0.25, 0.3) is 0 Å². The number of nitrogens with one attached hydrogen (secondary N) is 1. The average Bonchev–Trinajstić information content (AvgIpc) is 2.91. The van der Waals surface area contributed by atoms with Crippen molar-refractivity contribution in [2.24, 2.45) is 0 Å². The van der Waals surface area contributed by atoms with E-state index in [1.807, 2.05) is 35.6 Å². The van der Waals surface area contributed by atoms with E-state index in [0.29, 0.717) is 11.1 Å². The molecular weight excluding hydrogens is 308 g/mol. The lowest BCUT2D eigenvalue weighted by Gasteiger charge is -2.35. The Morgan fingerprint density at radius 3 is 3.00 bits per heavy atom. The van der Waals surface area contributed by atoms with Crippen LogP contribution in [0, 0.1) is 0 Å². The minimum Gasteiger partial charge on any atom is -0.342 e. The monoisotopic (exact) mass is 322 g/mol. The van der Waals surface area contributed by atoms with Crippen molar-refractivity contribution in [1.29, 1.82) is 0 Å². The predicted octanol–water partition coefficient (Wildman–Crippen LogP) is 4.72. The minimum absolute atomic E-state index is 0.312. The SMILES string of the molecule is C[C@H]1c2ccsc2CCN1C(=S)Nc1ccccc1Cl. The number of thiocarbonyl (C=S) groups is 1. The second kappa shape index (κ2) is 5.72. The summed E-state index contributed by atoms with van der Waals surface area (Å²) >= 11 is 13.6. The lowest BCUT2D eigenvalue weighted by Crippen LogP contribution is -2.40. The van der Waals surface area contributed by atoms with Crippen molar-refractivity contribution in [2.75, 3.05) is 11.9 Å². The maximum atomic E-state index is 6.17. The fourth-order valence-corrected chi connectivity index (χ4v) is 4.04. The maximum absolute atomic E-state index is 6.17. The maximum Gasteiger partial charge on any atom is 0.173 e. The summed E-state index contributed by atoms with van der Waals surface area (Å²) in [6.07, 6.45) is 1.06. The molecule has 0 fully saturated rings. The van der Waals surface area contributed by atoms with Crippen molar-refractivity contribution >= 4 is 46.0 Å². The molecular formula is C15H15ClN2S2. The molecule has 0 spiro atoms. The number of rotatable bonds is 1. The van der Waals surface area contributed by atoms with Gasteiger partial charge in [-0.1, -0.05) is 23.7 Å². The van der Waals surface area contributed by atoms with Gasteiger partial charge in [-0.05, 0) is 54.7 Å². The van der Waals surface area contributed by atoms with Gasteiger partial charge in [-0.3, -0.25) is 0 Å². The van der Waals surface area contributed by atoms with E-state index in [0.717, 1.165) is 23.8 Å². The first kappa shape index (κ1) is 13.9. The third kappa shape index (κ3) is 2.55. The topological polar surface area (TPSA) is 15.3 Å². The highest BCUT2D eigenvalue weighted by Gasteiger charge is 2.26. The Morgan fingerprint density at radius 1 is 1.40 bits per heavy atom. The van der Waals surface area contributed by atoms with E-state index < -0.39 is 0 Å². The highest BCUT2D eigenvalue weighted by atomic mass is 35.5. The quantitative estimate of drug-likeness (QED) is 0.765. The molecule has 0 saturated heterocycles. The zero-order valence-electron chi connectivity index (χ0n) is 11.1. The molecule has 0 radical (unpaired) electrons. The smallest absolute Gasteiger partial charge is 0.173 e. The second-order valence-corrected chi connectivity index (χ2v) is 6.62. The van der Waals surface area contributed by atoms with Crippen molar-refractivity contribution in [2.45, 2.75) is 19.4 Å². The molecule has 0 bridgehead atoms. The zero-order valence-corrected chi connectivity index (χ0v) is 13.5. The number of hydrogen-bond acceptors (Lipinski definition) is 2.